The lowest BCUT2D eigenvalue weighted by Gasteiger charge is -2.26. The van der Waals surface area contributed by atoms with Crippen molar-refractivity contribution in [3.05, 3.63) is 0 Å². The van der Waals surface area contributed by atoms with E-state index in [1.165, 1.54) is 4.90 Å². The smallest absolute Gasteiger partial charge is 0.410 e. The number of carbonyl (C=O) groups excluding carboxylic acids is 2. The molecule has 0 N–H and O–H groups in total. The van der Waals surface area contributed by atoms with Crippen LogP contribution in [0.4, 0.5) is 4.79 Å². The first-order chi connectivity index (χ1) is 7.85. The Hall–Kier alpha value is -0.710. The van der Waals surface area contributed by atoms with Gasteiger partial charge in [-0.2, -0.15) is 11.8 Å². The van der Waals surface area contributed by atoms with Gasteiger partial charge in [-0.3, -0.25) is 4.90 Å². The van der Waals surface area contributed by atoms with Crippen molar-refractivity contribution in [2.45, 2.75) is 45.3 Å². The van der Waals surface area contributed by atoms with Crippen molar-refractivity contribution in [1.29, 1.82) is 0 Å². The minimum Gasteiger partial charge on any atom is -0.444 e. The highest BCUT2D eigenvalue weighted by molar-refractivity contribution is 7.97. The Labute approximate surface area is 108 Å². The van der Waals surface area contributed by atoms with Crippen molar-refractivity contribution in [2.75, 3.05) is 19.1 Å². The average molecular weight is 261 g/mol. The Bertz CT molecular complexity index is 251. The molecule has 1 unspecified atom stereocenters. The largest absolute Gasteiger partial charge is 0.444 e. The molecule has 0 aromatic rings. The van der Waals surface area contributed by atoms with Crippen molar-refractivity contribution in [1.82, 2.24) is 4.90 Å². The van der Waals surface area contributed by atoms with Crippen LogP contribution in [0.15, 0.2) is 0 Å². The van der Waals surface area contributed by atoms with E-state index in [0.717, 1.165) is 19.1 Å². The maximum atomic E-state index is 11.6. The van der Waals surface area contributed by atoms with Crippen LogP contribution < -0.4 is 0 Å². The van der Waals surface area contributed by atoms with E-state index in [-0.39, 0.29) is 12.1 Å². The van der Waals surface area contributed by atoms with E-state index in [9.17, 15) is 9.59 Å². The number of carbonyl (C=O) groups is 2. The fourth-order valence-electron chi connectivity index (χ4n) is 1.48. The molecule has 1 fully saturated rings. The van der Waals surface area contributed by atoms with Gasteiger partial charge in [-0.15, -0.1) is 0 Å². The van der Waals surface area contributed by atoms with Gasteiger partial charge in [0.05, 0.1) is 6.04 Å². The first-order valence-electron chi connectivity index (χ1n) is 5.70. The molecule has 5 heteroatoms. The summed E-state index contributed by atoms with van der Waals surface area (Å²) in [4.78, 5) is 23.7. The predicted octanol–water partition coefficient (Wildman–Crippen LogP) is 2.56. The summed E-state index contributed by atoms with van der Waals surface area (Å²) in [5.41, 5.74) is -0.493. The summed E-state index contributed by atoms with van der Waals surface area (Å²) in [6.45, 7) is 6.07. The van der Waals surface area contributed by atoms with Gasteiger partial charge in [0.15, 0.2) is 0 Å². The van der Waals surface area contributed by atoms with Gasteiger partial charge in [0.1, 0.15) is 11.9 Å². The monoisotopic (exact) mass is 261 g/mol. The summed E-state index contributed by atoms with van der Waals surface area (Å²) in [5, 5.41) is 0. The number of aldehydes is 1. The predicted molar refractivity (Wildman–Crippen MR) is 71.5 cm³/mol. The van der Waals surface area contributed by atoms with E-state index in [1.54, 1.807) is 11.8 Å². The summed E-state index contributed by atoms with van der Waals surface area (Å²) in [6, 6.07) is -0.287. The molecule has 1 rings (SSSR count). The van der Waals surface area contributed by atoms with Gasteiger partial charge in [0.25, 0.3) is 0 Å². The second kappa shape index (κ2) is 7.58. The molecule has 100 valence electrons. The van der Waals surface area contributed by atoms with Crippen molar-refractivity contribution >= 4 is 24.1 Å². The van der Waals surface area contributed by atoms with Crippen molar-refractivity contribution in [3.8, 4) is 0 Å². The zero-order valence-electron chi connectivity index (χ0n) is 11.4. The SMILES string of the molecule is CC(C)(C)OC(=O)N1CCCC1C=O.CSC. The molecule has 4 nitrogen and oxygen atoms in total. The fourth-order valence-corrected chi connectivity index (χ4v) is 1.48. The molecular weight excluding hydrogens is 238 g/mol. The van der Waals surface area contributed by atoms with Crippen LogP contribution in [0.5, 0.6) is 0 Å². The molecule has 1 saturated heterocycles. The van der Waals surface area contributed by atoms with Crippen LogP contribution in [0.1, 0.15) is 33.6 Å². The van der Waals surface area contributed by atoms with Gasteiger partial charge in [0.2, 0.25) is 0 Å². The molecule has 0 radical (unpaired) electrons. The third-order valence-electron chi connectivity index (χ3n) is 2.08. The molecule has 0 aromatic carbocycles. The number of nitrogens with zero attached hydrogens (tertiary/aromatic N) is 1. The van der Waals surface area contributed by atoms with Gasteiger partial charge in [-0.25, -0.2) is 4.79 Å². The maximum absolute atomic E-state index is 11.6. The topological polar surface area (TPSA) is 46.6 Å². The van der Waals surface area contributed by atoms with Crippen molar-refractivity contribution in [2.24, 2.45) is 0 Å². The number of likely N-dealkylation sites (tertiary alicyclic amines) is 1. The lowest BCUT2D eigenvalue weighted by molar-refractivity contribution is -0.111. The summed E-state index contributed by atoms with van der Waals surface area (Å²) in [6.07, 6.45) is 6.15. The van der Waals surface area contributed by atoms with Crippen LogP contribution in [0.25, 0.3) is 0 Å². The molecule has 0 aromatic heterocycles. The summed E-state index contributed by atoms with van der Waals surface area (Å²) >= 11 is 1.75. The zero-order chi connectivity index (χ0) is 13.5. The Balaban J connectivity index is 0.000000770. The highest BCUT2D eigenvalue weighted by Gasteiger charge is 2.31. The molecular formula is C12H23NO3S. The highest BCUT2D eigenvalue weighted by Crippen LogP contribution is 2.19. The highest BCUT2D eigenvalue weighted by atomic mass is 32.2. The van der Waals surface area contributed by atoms with Crippen LogP contribution in [-0.2, 0) is 9.53 Å². The number of thioether (sulfide) groups is 1. The van der Waals surface area contributed by atoms with Gasteiger partial charge >= 0.3 is 6.09 Å². The molecule has 0 saturated carbocycles. The van der Waals surface area contributed by atoms with Crippen LogP contribution in [0.2, 0.25) is 0 Å². The molecule has 1 aliphatic rings. The van der Waals surface area contributed by atoms with Crippen LogP contribution >= 0.6 is 11.8 Å². The number of hydrogen-bond acceptors (Lipinski definition) is 4. The number of amides is 1. The van der Waals surface area contributed by atoms with Gasteiger partial charge < -0.3 is 9.53 Å². The van der Waals surface area contributed by atoms with Crippen LogP contribution in [-0.4, -0.2) is 48.0 Å². The van der Waals surface area contributed by atoms with E-state index in [0.29, 0.717) is 6.54 Å². The molecule has 1 aliphatic heterocycles. The summed E-state index contributed by atoms with van der Waals surface area (Å²) in [5.74, 6) is 0. The zero-order valence-corrected chi connectivity index (χ0v) is 12.2. The van der Waals surface area contributed by atoms with Gasteiger partial charge in [0, 0.05) is 6.54 Å². The number of rotatable bonds is 1. The van der Waals surface area contributed by atoms with Gasteiger partial charge in [-0.1, -0.05) is 0 Å². The Morgan fingerprint density at radius 2 is 1.94 bits per heavy atom. The third-order valence-corrected chi connectivity index (χ3v) is 2.08. The lowest BCUT2D eigenvalue weighted by atomic mass is 10.2. The first-order valence-corrected chi connectivity index (χ1v) is 7.34. The second-order valence-corrected chi connectivity index (χ2v) is 5.74. The molecule has 1 heterocycles. The number of ether oxygens (including phenoxy) is 1. The van der Waals surface area contributed by atoms with Crippen molar-refractivity contribution < 1.29 is 14.3 Å². The summed E-state index contributed by atoms with van der Waals surface area (Å²) < 4.78 is 5.18. The second-order valence-electron chi connectivity index (χ2n) is 4.93. The molecule has 1 amide bonds. The van der Waals surface area contributed by atoms with Crippen LogP contribution in [0, 0.1) is 0 Å². The Morgan fingerprint density at radius 3 is 2.35 bits per heavy atom. The summed E-state index contributed by atoms with van der Waals surface area (Å²) in [7, 11) is 0. The molecule has 1 atom stereocenters. The maximum Gasteiger partial charge on any atom is 0.410 e. The van der Waals surface area contributed by atoms with E-state index < -0.39 is 5.60 Å². The van der Waals surface area contributed by atoms with E-state index in [2.05, 4.69) is 0 Å². The molecule has 0 spiro atoms. The quantitative estimate of drug-likeness (QED) is 0.681. The first kappa shape index (κ1) is 16.3. The van der Waals surface area contributed by atoms with E-state index in [1.807, 2.05) is 33.3 Å². The van der Waals surface area contributed by atoms with Crippen LogP contribution in [0.3, 0.4) is 0 Å². The normalized spacial score (nSPS) is 19.4. The average Bonchev–Trinajstić information content (AvgIpc) is 2.63. The minimum atomic E-state index is -0.493. The fraction of sp³-hybridized carbons (Fsp3) is 0.833. The lowest BCUT2D eigenvalue weighted by Crippen LogP contribution is -2.40. The van der Waals surface area contributed by atoms with Crippen molar-refractivity contribution in [3.63, 3.8) is 0 Å². The molecule has 17 heavy (non-hydrogen) atoms. The Kier molecular flexibility index (Phi) is 7.27. The minimum absolute atomic E-state index is 0.287. The van der Waals surface area contributed by atoms with E-state index in [4.69, 9.17) is 4.74 Å². The number of hydrogen-bond donors (Lipinski definition) is 0. The Morgan fingerprint density at radius 1 is 1.41 bits per heavy atom. The molecule has 0 aliphatic carbocycles. The van der Waals surface area contributed by atoms with Gasteiger partial charge in [-0.05, 0) is 46.1 Å². The third kappa shape index (κ3) is 6.56. The molecule has 0 bridgehead atoms. The standard InChI is InChI=1S/C10H17NO3.C2H6S/c1-10(2,3)14-9(13)11-6-4-5-8(11)7-12;1-3-2/h7-8H,4-6H2,1-3H3;1-2H3. The van der Waals surface area contributed by atoms with E-state index >= 15 is 0 Å².